The number of amides is 1. The highest BCUT2D eigenvalue weighted by atomic mass is 32.2. The minimum Gasteiger partial charge on any atom is -0.355 e. The van der Waals surface area contributed by atoms with Crippen LogP contribution in [0.2, 0.25) is 0 Å². The predicted octanol–water partition coefficient (Wildman–Crippen LogP) is 0.645. The van der Waals surface area contributed by atoms with E-state index in [1.54, 1.807) is 23.1 Å². The molecule has 0 radical (unpaired) electrons. The molecular formula is C20H28N3O3S+. The number of quaternary nitrogens is 1. The van der Waals surface area contributed by atoms with Crippen LogP contribution in [0.4, 0.5) is 0 Å². The van der Waals surface area contributed by atoms with Gasteiger partial charge < -0.3 is 10.2 Å². The van der Waals surface area contributed by atoms with Crippen LogP contribution in [-0.2, 0) is 14.8 Å². The first-order valence-corrected chi connectivity index (χ1v) is 11.0. The fraction of sp³-hybridized carbons (Fsp3) is 0.450. The number of rotatable bonds is 8. The lowest BCUT2D eigenvalue weighted by Crippen LogP contribution is -3.10. The molecule has 2 aromatic rings. The lowest BCUT2D eigenvalue weighted by atomic mass is 10.1. The van der Waals surface area contributed by atoms with E-state index in [0.717, 1.165) is 28.0 Å². The molecule has 2 N–H and O–H groups in total. The van der Waals surface area contributed by atoms with E-state index in [4.69, 9.17) is 0 Å². The SMILES string of the molecule is CN(CC(=O)NCCC[NH+]1CCCC1)S(=O)(=O)c1ccc2ccccc2c1. The highest BCUT2D eigenvalue weighted by Gasteiger charge is 2.23. The summed E-state index contributed by atoms with van der Waals surface area (Å²) in [4.78, 5) is 13.9. The summed E-state index contributed by atoms with van der Waals surface area (Å²) in [6.07, 6.45) is 3.50. The summed E-state index contributed by atoms with van der Waals surface area (Å²) in [6, 6.07) is 12.6. The molecule has 2 aromatic carbocycles. The first-order chi connectivity index (χ1) is 13.0. The van der Waals surface area contributed by atoms with Crippen LogP contribution in [0.3, 0.4) is 0 Å². The average molecular weight is 391 g/mol. The van der Waals surface area contributed by atoms with Crippen LogP contribution in [0.25, 0.3) is 10.8 Å². The van der Waals surface area contributed by atoms with Gasteiger partial charge in [0.1, 0.15) is 0 Å². The van der Waals surface area contributed by atoms with Crippen LogP contribution in [0.1, 0.15) is 19.3 Å². The van der Waals surface area contributed by atoms with Gasteiger partial charge in [0.05, 0.1) is 31.1 Å². The maximum absolute atomic E-state index is 12.8. The molecule has 1 fully saturated rings. The molecule has 6 nitrogen and oxygen atoms in total. The normalized spacial score (nSPS) is 15.5. The van der Waals surface area contributed by atoms with Crippen molar-refractivity contribution in [2.75, 3.05) is 39.8 Å². The summed E-state index contributed by atoms with van der Waals surface area (Å²) in [5.41, 5.74) is 0. The molecular weight excluding hydrogens is 362 g/mol. The minimum absolute atomic E-state index is 0.175. The molecule has 27 heavy (non-hydrogen) atoms. The number of hydrogen-bond donors (Lipinski definition) is 2. The van der Waals surface area contributed by atoms with Crippen molar-refractivity contribution in [3.05, 3.63) is 42.5 Å². The number of fused-ring (bicyclic) bond motifs is 1. The maximum Gasteiger partial charge on any atom is 0.243 e. The third-order valence-corrected chi connectivity index (χ3v) is 6.93. The Labute approximate surface area is 161 Å². The van der Waals surface area contributed by atoms with Crippen molar-refractivity contribution in [3.8, 4) is 0 Å². The molecule has 1 aliphatic heterocycles. The second-order valence-electron chi connectivity index (χ2n) is 7.18. The molecule has 0 aromatic heterocycles. The van der Waals surface area contributed by atoms with Gasteiger partial charge in [0.15, 0.2) is 0 Å². The number of likely N-dealkylation sites (tertiary alicyclic amines) is 1. The number of nitrogens with one attached hydrogen (secondary N) is 2. The molecule has 3 rings (SSSR count). The highest BCUT2D eigenvalue weighted by Crippen LogP contribution is 2.21. The van der Waals surface area contributed by atoms with Crippen molar-refractivity contribution in [3.63, 3.8) is 0 Å². The van der Waals surface area contributed by atoms with Gasteiger partial charge in [-0.1, -0.05) is 30.3 Å². The van der Waals surface area contributed by atoms with Gasteiger partial charge >= 0.3 is 0 Å². The number of sulfonamides is 1. The van der Waals surface area contributed by atoms with Gasteiger partial charge in [0.2, 0.25) is 15.9 Å². The van der Waals surface area contributed by atoms with Crippen LogP contribution < -0.4 is 10.2 Å². The van der Waals surface area contributed by atoms with Crippen LogP contribution in [-0.4, -0.2) is 58.4 Å². The molecule has 146 valence electrons. The Bertz CT molecular complexity index is 892. The van der Waals surface area contributed by atoms with Crippen molar-refractivity contribution in [1.29, 1.82) is 0 Å². The van der Waals surface area contributed by atoms with E-state index >= 15 is 0 Å². The molecule has 0 saturated carbocycles. The van der Waals surface area contributed by atoms with Crippen LogP contribution in [0.5, 0.6) is 0 Å². The molecule has 1 aliphatic rings. The zero-order chi connectivity index (χ0) is 19.3. The molecule has 1 saturated heterocycles. The van der Waals surface area contributed by atoms with E-state index in [0.29, 0.717) is 6.54 Å². The standard InChI is InChI=1S/C20H27N3O3S/c1-22(16-20(24)21-11-6-14-23-12-4-5-13-23)27(25,26)19-10-9-17-7-2-3-8-18(17)15-19/h2-3,7-10,15H,4-6,11-14,16H2,1H3,(H,21,24)/p+1. The van der Waals surface area contributed by atoms with Gasteiger partial charge in [-0.05, 0) is 22.9 Å². The zero-order valence-corrected chi connectivity index (χ0v) is 16.6. The van der Waals surface area contributed by atoms with Crippen LogP contribution in [0, 0.1) is 0 Å². The summed E-state index contributed by atoms with van der Waals surface area (Å²) < 4.78 is 26.6. The van der Waals surface area contributed by atoms with Crippen molar-refractivity contribution in [2.24, 2.45) is 0 Å². The number of hydrogen-bond acceptors (Lipinski definition) is 3. The zero-order valence-electron chi connectivity index (χ0n) is 15.8. The third-order valence-electron chi connectivity index (χ3n) is 5.14. The van der Waals surface area contributed by atoms with E-state index in [2.05, 4.69) is 5.32 Å². The van der Waals surface area contributed by atoms with Gasteiger partial charge in [0, 0.05) is 32.9 Å². The van der Waals surface area contributed by atoms with Gasteiger partial charge in [0.25, 0.3) is 0 Å². The molecule has 0 atom stereocenters. The Balaban J connectivity index is 1.53. The van der Waals surface area contributed by atoms with Crippen molar-refractivity contribution in [2.45, 2.75) is 24.2 Å². The smallest absolute Gasteiger partial charge is 0.243 e. The van der Waals surface area contributed by atoms with E-state index in [-0.39, 0.29) is 17.3 Å². The second-order valence-corrected chi connectivity index (χ2v) is 9.23. The lowest BCUT2D eigenvalue weighted by molar-refractivity contribution is -0.887. The molecule has 0 aliphatic carbocycles. The second kappa shape index (κ2) is 8.82. The van der Waals surface area contributed by atoms with Gasteiger partial charge in [-0.25, -0.2) is 8.42 Å². The summed E-state index contributed by atoms with van der Waals surface area (Å²) in [6.45, 7) is 3.92. The summed E-state index contributed by atoms with van der Waals surface area (Å²) in [7, 11) is -2.26. The van der Waals surface area contributed by atoms with Gasteiger partial charge in [-0.2, -0.15) is 4.31 Å². The van der Waals surface area contributed by atoms with E-state index < -0.39 is 10.0 Å². The number of benzene rings is 2. The van der Waals surface area contributed by atoms with E-state index in [1.165, 1.54) is 33.0 Å². The Morgan fingerprint density at radius 1 is 1.11 bits per heavy atom. The monoisotopic (exact) mass is 390 g/mol. The fourth-order valence-corrected chi connectivity index (χ4v) is 4.71. The number of carbonyl (C=O) groups is 1. The summed E-state index contributed by atoms with van der Waals surface area (Å²) in [5, 5.41) is 4.68. The molecule has 0 unspecified atom stereocenters. The number of likely N-dealkylation sites (N-methyl/N-ethyl adjacent to an activating group) is 1. The third kappa shape index (κ3) is 5.06. The predicted molar refractivity (Wildman–Crippen MR) is 106 cm³/mol. The molecule has 1 amide bonds. The van der Waals surface area contributed by atoms with Crippen molar-refractivity contribution >= 4 is 26.7 Å². The first kappa shape index (κ1) is 19.8. The summed E-state index contributed by atoms with van der Waals surface area (Å²) in [5.74, 6) is -0.265. The lowest BCUT2D eigenvalue weighted by Gasteiger charge is -2.17. The molecule has 1 heterocycles. The Hall–Kier alpha value is -1.96. The maximum atomic E-state index is 12.8. The quantitative estimate of drug-likeness (QED) is 0.650. The molecule has 0 bridgehead atoms. The topological polar surface area (TPSA) is 70.9 Å². The summed E-state index contributed by atoms with van der Waals surface area (Å²) >= 11 is 0. The molecule has 0 spiro atoms. The van der Waals surface area contributed by atoms with E-state index in [9.17, 15) is 13.2 Å². The van der Waals surface area contributed by atoms with Crippen LogP contribution >= 0.6 is 0 Å². The minimum atomic E-state index is -3.70. The molecule has 7 heteroatoms. The highest BCUT2D eigenvalue weighted by molar-refractivity contribution is 7.89. The first-order valence-electron chi connectivity index (χ1n) is 9.52. The van der Waals surface area contributed by atoms with E-state index in [1.807, 2.05) is 24.3 Å². The number of nitrogens with zero attached hydrogens (tertiary/aromatic N) is 1. The van der Waals surface area contributed by atoms with Crippen LogP contribution in [0.15, 0.2) is 47.4 Å². The Kier molecular flexibility index (Phi) is 6.46. The fourth-order valence-electron chi connectivity index (χ4n) is 3.54. The average Bonchev–Trinajstić information content (AvgIpc) is 3.18. The van der Waals surface area contributed by atoms with Crippen molar-refractivity contribution < 1.29 is 18.1 Å². The Morgan fingerprint density at radius 2 is 1.81 bits per heavy atom. The largest absolute Gasteiger partial charge is 0.355 e. The van der Waals surface area contributed by atoms with Gasteiger partial charge in [-0.3, -0.25) is 4.79 Å². The Morgan fingerprint density at radius 3 is 2.56 bits per heavy atom. The van der Waals surface area contributed by atoms with Crippen molar-refractivity contribution in [1.82, 2.24) is 9.62 Å². The van der Waals surface area contributed by atoms with Gasteiger partial charge in [-0.15, -0.1) is 0 Å². The number of carbonyl (C=O) groups excluding carboxylic acids is 1.